The van der Waals surface area contributed by atoms with E-state index in [-0.39, 0.29) is 0 Å². The van der Waals surface area contributed by atoms with Crippen LogP contribution in [0.2, 0.25) is 0 Å². The van der Waals surface area contributed by atoms with E-state index in [1.807, 2.05) is 66.7 Å². The van der Waals surface area contributed by atoms with E-state index in [9.17, 15) is 5.26 Å². The molecule has 0 N–H and O–H groups in total. The minimum absolute atomic E-state index is 0.296. The van der Waals surface area contributed by atoms with Gasteiger partial charge in [-0.15, -0.1) is 0 Å². The van der Waals surface area contributed by atoms with Crippen LogP contribution in [0.25, 0.3) is 45.3 Å². The molecule has 0 radical (unpaired) electrons. The predicted octanol–water partition coefficient (Wildman–Crippen LogP) is 9.52. The van der Waals surface area contributed by atoms with Crippen molar-refractivity contribution in [2.45, 2.75) is 51.4 Å². The lowest BCUT2D eigenvalue weighted by molar-refractivity contribution is 0.0780. The van der Waals surface area contributed by atoms with Crippen molar-refractivity contribution in [2.24, 2.45) is 17.8 Å². The van der Waals surface area contributed by atoms with Crippen molar-refractivity contribution >= 4 is 0 Å². The van der Waals surface area contributed by atoms with Crippen molar-refractivity contribution < 1.29 is 0 Å². The van der Waals surface area contributed by atoms with Gasteiger partial charge in [-0.2, -0.15) is 5.26 Å². The fourth-order valence-corrected chi connectivity index (χ4v) is 7.96. The number of nitriles is 1. The quantitative estimate of drug-likeness (QED) is 0.215. The summed E-state index contributed by atoms with van der Waals surface area (Å²) in [7, 11) is 0. The first-order chi connectivity index (χ1) is 21.0. The molecule has 2 aliphatic carbocycles. The summed E-state index contributed by atoms with van der Waals surface area (Å²) in [6.07, 6.45) is 6.66. The Morgan fingerprint density at radius 2 is 1.12 bits per heavy atom. The third-order valence-corrected chi connectivity index (χ3v) is 9.52. The Bertz CT molecular complexity index is 1770. The van der Waals surface area contributed by atoms with Crippen LogP contribution < -0.4 is 0 Å². The van der Waals surface area contributed by atoms with E-state index in [1.165, 1.54) is 37.7 Å². The maximum atomic E-state index is 9.20. The minimum atomic E-state index is 0.296. The standard InChI is InChI=1S/C39H36N4/c1-26-19-29-20-27(2)23-39(22-26,24-29)35-17-15-32(16-18-35)37-41-36(31-7-4-3-5-8-31)42-38(43-37)34-10-6-9-33(21-34)30-13-11-28(25-40)12-14-30/h3-18,21,26-27,29H,19-20,22-24H2,1-2H3/t26-,27+,29?,39?. The molecule has 2 bridgehead atoms. The predicted molar refractivity (Wildman–Crippen MR) is 173 cm³/mol. The third kappa shape index (κ3) is 5.48. The molecule has 2 fully saturated rings. The lowest BCUT2D eigenvalue weighted by Crippen LogP contribution is -2.42. The highest BCUT2D eigenvalue weighted by Gasteiger charge is 2.45. The summed E-state index contributed by atoms with van der Waals surface area (Å²) in [5, 5.41) is 9.20. The largest absolute Gasteiger partial charge is 0.208 e. The molecule has 2 unspecified atom stereocenters. The van der Waals surface area contributed by atoms with E-state index >= 15 is 0 Å². The normalized spacial score (nSPS) is 23.0. The van der Waals surface area contributed by atoms with Crippen LogP contribution in [-0.2, 0) is 5.41 Å². The zero-order chi connectivity index (χ0) is 29.4. The Kier molecular flexibility index (Phi) is 7.11. The molecule has 7 rings (SSSR count). The summed E-state index contributed by atoms with van der Waals surface area (Å²) < 4.78 is 0. The number of nitrogens with zero attached hydrogens (tertiary/aromatic N) is 4. The Morgan fingerprint density at radius 3 is 1.74 bits per heavy atom. The van der Waals surface area contributed by atoms with E-state index < -0.39 is 0 Å². The molecule has 1 heterocycles. The molecular formula is C39H36N4. The van der Waals surface area contributed by atoms with Crippen LogP contribution in [0.1, 0.15) is 57.1 Å². The lowest BCUT2D eigenvalue weighted by atomic mass is 9.54. The van der Waals surface area contributed by atoms with Gasteiger partial charge in [0.05, 0.1) is 11.6 Å². The number of benzene rings is 4. The fourth-order valence-electron chi connectivity index (χ4n) is 7.96. The van der Waals surface area contributed by atoms with Crippen molar-refractivity contribution in [2.75, 3.05) is 0 Å². The summed E-state index contributed by atoms with van der Waals surface area (Å²) in [6.45, 7) is 4.89. The van der Waals surface area contributed by atoms with Gasteiger partial charge in [-0.3, -0.25) is 0 Å². The second-order valence-corrected chi connectivity index (χ2v) is 13.0. The van der Waals surface area contributed by atoms with Gasteiger partial charge in [0.2, 0.25) is 0 Å². The van der Waals surface area contributed by atoms with Crippen molar-refractivity contribution in [3.05, 3.63) is 114 Å². The Hall–Kier alpha value is -4.62. The fraction of sp³-hybridized carbons (Fsp3) is 0.282. The molecule has 0 spiro atoms. The zero-order valence-electron chi connectivity index (χ0n) is 24.9. The van der Waals surface area contributed by atoms with E-state index in [1.54, 1.807) is 0 Å². The topological polar surface area (TPSA) is 62.5 Å². The van der Waals surface area contributed by atoms with Crippen LogP contribution in [0.4, 0.5) is 0 Å². The second kappa shape index (κ2) is 11.2. The van der Waals surface area contributed by atoms with Crippen LogP contribution in [0.15, 0.2) is 103 Å². The molecule has 2 aliphatic rings. The van der Waals surface area contributed by atoms with Crippen molar-refractivity contribution in [3.63, 3.8) is 0 Å². The molecule has 0 aliphatic heterocycles. The molecular weight excluding hydrogens is 524 g/mol. The average Bonchev–Trinajstić information content (AvgIpc) is 3.04. The SMILES string of the molecule is C[C@@H]1CC2C[C@H](C)CC(c3ccc(-c4nc(-c5ccccc5)nc(-c5cccc(-c6ccc(C#N)cc6)c5)n4)cc3)(C2)C1. The molecule has 0 saturated heterocycles. The Morgan fingerprint density at radius 1 is 0.581 bits per heavy atom. The summed E-state index contributed by atoms with van der Waals surface area (Å²) in [5.41, 5.74) is 7.42. The van der Waals surface area contributed by atoms with Gasteiger partial charge in [-0.05, 0) is 90.2 Å². The maximum Gasteiger partial charge on any atom is 0.164 e. The molecule has 4 heteroatoms. The van der Waals surface area contributed by atoms with Crippen LogP contribution in [0.3, 0.4) is 0 Å². The lowest BCUT2D eigenvalue weighted by Gasteiger charge is -2.50. The van der Waals surface area contributed by atoms with E-state index in [0.29, 0.717) is 28.5 Å². The first kappa shape index (κ1) is 27.2. The summed E-state index contributed by atoms with van der Waals surface area (Å²) in [5.74, 6) is 4.41. The maximum absolute atomic E-state index is 9.20. The Balaban J connectivity index is 1.28. The summed E-state index contributed by atoms with van der Waals surface area (Å²) in [6, 6.07) is 37.4. The van der Waals surface area contributed by atoms with E-state index in [0.717, 1.165) is 45.6 Å². The van der Waals surface area contributed by atoms with Gasteiger partial charge < -0.3 is 0 Å². The van der Waals surface area contributed by atoms with Gasteiger partial charge in [0.25, 0.3) is 0 Å². The number of fused-ring (bicyclic) bond motifs is 2. The molecule has 2 saturated carbocycles. The van der Waals surface area contributed by atoms with Crippen molar-refractivity contribution in [3.8, 4) is 51.4 Å². The van der Waals surface area contributed by atoms with Gasteiger partial charge in [-0.25, -0.2) is 15.0 Å². The third-order valence-electron chi connectivity index (χ3n) is 9.52. The molecule has 43 heavy (non-hydrogen) atoms. The van der Waals surface area contributed by atoms with Gasteiger partial charge in [0.1, 0.15) is 0 Å². The molecule has 4 nitrogen and oxygen atoms in total. The number of aromatic nitrogens is 3. The smallest absolute Gasteiger partial charge is 0.164 e. The van der Waals surface area contributed by atoms with Gasteiger partial charge in [0.15, 0.2) is 17.5 Å². The van der Waals surface area contributed by atoms with Crippen molar-refractivity contribution in [1.29, 1.82) is 5.26 Å². The van der Waals surface area contributed by atoms with Gasteiger partial charge in [0, 0.05) is 16.7 Å². The van der Waals surface area contributed by atoms with Crippen LogP contribution in [-0.4, -0.2) is 15.0 Å². The van der Waals surface area contributed by atoms with Gasteiger partial charge in [-0.1, -0.05) is 98.8 Å². The highest BCUT2D eigenvalue weighted by Crippen LogP contribution is 2.54. The van der Waals surface area contributed by atoms with Crippen LogP contribution >= 0.6 is 0 Å². The number of hydrogen-bond acceptors (Lipinski definition) is 4. The van der Waals surface area contributed by atoms with Crippen LogP contribution in [0.5, 0.6) is 0 Å². The highest BCUT2D eigenvalue weighted by atomic mass is 15.0. The highest BCUT2D eigenvalue weighted by molar-refractivity contribution is 5.72. The molecule has 4 aromatic carbocycles. The molecule has 1 aromatic heterocycles. The number of rotatable bonds is 5. The summed E-state index contributed by atoms with van der Waals surface area (Å²) >= 11 is 0. The molecule has 0 amide bonds. The van der Waals surface area contributed by atoms with Crippen LogP contribution in [0, 0.1) is 29.1 Å². The average molecular weight is 561 g/mol. The first-order valence-corrected chi connectivity index (χ1v) is 15.5. The Labute approximate surface area is 254 Å². The summed E-state index contributed by atoms with van der Waals surface area (Å²) in [4.78, 5) is 14.9. The number of hydrogen-bond donors (Lipinski definition) is 0. The first-order valence-electron chi connectivity index (χ1n) is 15.5. The van der Waals surface area contributed by atoms with E-state index in [2.05, 4.69) is 56.3 Å². The zero-order valence-corrected chi connectivity index (χ0v) is 24.9. The molecule has 212 valence electrons. The second-order valence-electron chi connectivity index (χ2n) is 13.0. The van der Waals surface area contributed by atoms with E-state index in [4.69, 9.17) is 15.0 Å². The molecule has 4 atom stereocenters. The molecule has 5 aromatic rings. The van der Waals surface area contributed by atoms with Gasteiger partial charge >= 0.3 is 0 Å². The van der Waals surface area contributed by atoms with Crippen molar-refractivity contribution in [1.82, 2.24) is 15.0 Å². The minimum Gasteiger partial charge on any atom is -0.208 e. The monoisotopic (exact) mass is 560 g/mol.